The summed E-state index contributed by atoms with van der Waals surface area (Å²) in [6.07, 6.45) is 2.29. The van der Waals surface area contributed by atoms with Gasteiger partial charge in [0.25, 0.3) is 5.91 Å². The van der Waals surface area contributed by atoms with Gasteiger partial charge in [0.05, 0.1) is 17.0 Å². The lowest BCUT2D eigenvalue weighted by Crippen LogP contribution is -2.21. The second kappa shape index (κ2) is 8.81. The van der Waals surface area contributed by atoms with E-state index in [2.05, 4.69) is 10.4 Å². The maximum absolute atomic E-state index is 12.5. The van der Waals surface area contributed by atoms with Crippen molar-refractivity contribution in [2.24, 2.45) is 0 Å². The van der Waals surface area contributed by atoms with Gasteiger partial charge in [0.15, 0.2) is 0 Å². The third-order valence-electron chi connectivity index (χ3n) is 3.86. The summed E-state index contributed by atoms with van der Waals surface area (Å²) in [5.41, 5.74) is 1.58. The first-order valence-electron chi connectivity index (χ1n) is 8.56. The van der Waals surface area contributed by atoms with Crippen LogP contribution in [0.4, 0.5) is 5.00 Å². The van der Waals surface area contributed by atoms with Gasteiger partial charge >= 0.3 is 5.97 Å². The van der Waals surface area contributed by atoms with Crippen LogP contribution >= 0.6 is 11.3 Å². The van der Waals surface area contributed by atoms with E-state index in [1.807, 2.05) is 13.8 Å². The maximum atomic E-state index is 12.5. The molecule has 2 aromatic heterocycles. The fraction of sp³-hybridized carbons (Fsp3) is 0.444. The molecule has 0 fully saturated rings. The minimum absolute atomic E-state index is 0.0101. The zero-order valence-corrected chi connectivity index (χ0v) is 17.0. The van der Waals surface area contributed by atoms with E-state index in [1.54, 1.807) is 38.0 Å². The molecule has 2 rings (SSSR count). The first kappa shape index (κ1) is 20.6. The standard InChI is InChI=1S/C18H24N4O4S/c1-6-9-26-18(25)14-12(3)15(17(24)21(4)5)27-16(14)20-13(23)10-22-11(2)7-8-19-22/h7-8H,6,9-10H2,1-5H3,(H,20,23). The Labute approximate surface area is 162 Å². The molecule has 2 heterocycles. The van der Waals surface area contributed by atoms with Gasteiger partial charge in [-0.1, -0.05) is 6.92 Å². The van der Waals surface area contributed by atoms with Crippen LogP contribution < -0.4 is 5.32 Å². The zero-order valence-electron chi connectivity index (χ0n) is 16.2. The molecule has 1 N–H and O–H groups in total. The summed E-state index contributed by atoms with van der Waals surface area (Å²) in [4.78, 5) is 39.2. The Morgan fingerprint density at radius 1 is 1.30 bits per heavy atom. The molecule has 146 valence electrons. The van der Waals surface area contributed by atoms with Crippen LogP contribution in [0.1, 0.15) is 44.6 Å². The molecule has 0 saturated heterocycles. The molecule has 0 aromatic carbocycles. The highest BCUT2D eigenvalue weighted by Crippen LogP contribution is 2.34. The van der Waals surface area contributed by atoms with Crippen molar-refractivity contribution in [1.29, 1.82) is 0 Å². The third-order valence-corrected chi connectivity index (χ3v) is 5.06. The fourth-order valence-corrected chi connectivity index (χ4v) is 3.62. The van der Waals surface area contributed by atoms with Gasteiger partial charge in [-0.3, -0.25) is 14.3 Å². The van der Waals surface area contributed by atoms with Crippen molar-refractivity contribution in [2.75, 3.05) is 26.0 Å². The lowest BCUT2D eigenvalue weighted by atomic mass is 10.1. The van der Waals surface area contributed by atoms with Crippen molar-refractivity contribution in [3.05, 3.63) is 34.0 Å². The molecule has 0 aliphatic rings. The number of amides is 2. The molecule has 2 amide bonds. The van der Waals surface area contributed by atoms with Gasteiger partial charge < -0.3 is 15.0 Å². The average molecular weight is 392 g/mol. The van der Waals surface area contributed by atoms with Crippen LogP contribution in [-0.2, 0) is 16.1 Å². The van der Waals surface area contributed by atoms with E-state index in [4.69, 9.17) is 4.74 Å². The normalized spacial score (nSPS) is 10.6. The lowest BCUT2D eigenvalue weighted by molar-refractivity contribution is -0.116. The first-order chi connectivity index (χ1) is 12.8. The summed E-state index contributed by atoms with van der Waals surface area (Å²) < 4.78 is 6.79. The lowest BCUT2D eigenvalue weighted by Gasteiger charge is -2.09. The molecule has 0 aliphatic carbocycles. The zero-order chi connectivity index (χ0) is 20.1. The number of nitrogens with one attached hydrogen (secondary N) is 1. The van der Waals surface area contributed by atoms with Crippen LogP contribution in [-0.4, -0.2) is 53.2 Å². The van der Waals surface area contributed by atoms with E-state index >= 15 is 0 Å². The number of carbonyl (C=O) groups excluding carboxylic acids is 3. The second-order valence-electron chi connectivity index (χ2n) is 6.27. The maximum Gasteiger partial charge on any atom is 0.341 e. The Bertz CT molecular complexity index is 854. The van der Waals surface area contributed by atoms with Gasteiger partial charge in [-0.25, -0.2) is 4.79 Å². The van der Waals surface area contributed by atoms with Gasteiger partial charge in [0.1, 0.15) is 11.5 Å². The topological polar surface area (TPSA) is 93.5 Å². The molecule has 0 aliphatic heterocycles. The summed E-state index contributed by atoms with van der Waals surface area (Å²) in [6, 6.07) is 1.80. The molecule has 9 heteroatoms. The number of rotatable bonds is 7. The smallest absolute Gasteiger partial charge is 0.341 e. The Kier molecular flexibility index (Phi) is 6.73. The number of esters is 1. The van der Waals surface area contributed by atoms with Gasteiger partial charge in [0.2, 0.25) is 5.91 Å². The van der Waals surface area contributed by atoms with Crippen LogP contribution in [0.2, 0.25) is 0 Å². The summed E-state index contributed by atoms with van der Waals surface area (Å²) >= 11 is 1.08. The summed E-state index contributed by atoms with van der Waals surface area (Å²) in [6.45, 7) is 5.70. The summed E-state index contributed by atoms with van der Waals surface area (Å²) in [5, 5.41) is 7.13. The van der Waals surface area contributed by atoms with Crippen LogP contribution in [0.5, 0.6) is 0 Å². The van der Waals surface area contributed by atoms with E-state index in [9.17, 15) is 14.4 Å². The number of anilines is 1. The highest BCUT2D eigenvalue weighted by Gasteiger charge is 2.27. The van der Waals surface area contributed by atoms with Gasteiger partial charge in [-0.2, -0.15) is 5.10 Å². The minimum atomic E-state index is -0.547. The molecule has 0 atom stereocenters. The fourth-order valence-electron chi connectivity index (χ4n) is 2.39. The largest absolute Gasteiger partial charge is 0.462 e. The van der Waals surface area contributed by atoms with Crippen LogP contribution in [0.15, 0.2) is 12.3 Å². The van der Waals surface area contributed by atoms with Crippen LogP contribution in [0.3, 0.4) is 0 Å². The monoisotopic (exact) mass is 392 g/mol. The summed E-state index contributed by atoms with van der Waals surface area (Å²) in [5.74, 6) is -1.11. The predicted octanol–water partition coefficient (Wildman–Crippen LogP) is 2.47. The van der Waals surface area contributed by atoms with E-state index in [0.717, 1.165) is 17.0 Å². The van der Waals surface area contributed by atoms with Crippen molar-refractivity contribution < 1.29 is 19.1 Å². The average Bonchev–Trinajstić information content (AvgIpc) is 3.15. The molecule has 0 unspecified atom stereocenters. The Balaban J connectivity index is 2.33. The van der Waals surface area contributed by atoms with Gasteiger partial charge in [0, 0.05) is 26.0 Å². The minimum Gasteiger partial charge on any atom is -0.462 e. The number of thiophene rings is 1. The molecular weight excluding hydrogens is 368 g/mol. The highest BCUT2D eigenvalue weighted by atomic mass is 32.1. The molecule has 0 radical (unpaired) electrons. The number of ether oxygens (including phenoxy) is 1. The van der Waals surface area contributed by atoms with Crippen molar-refractivity contribution in [2.45, 2.75) is 33.7 Å². The molecule has 0 saturated carbocycles. The van der Waals surface area contributed by atoms with Crippen molar-refractivity contribution in [3.8, 4) is 0 Å². The number of aromatic nitrogens is 2. The Morgan fingerprint density at radius 3 is 2.56 bits per heavy atom. The van der Waals surface area contributed by atoms with E-state index in [1.165, 1.54) is 4.90 Å². The second-order valence-corrected chi connectivity index (χ2v) is 7.29. The van der Waals surface area contributed by atoms with Crippen molar-refractivity contribution in [3.63, 3.8) is 0 Å². The first-order valence-corrected chi connectivity index (χ1v) is 9.38. The number of nitrogens with zero attached hydrogens (tertiary/aromatic N) is 3. The van der Waals surface area contributed by atoms with Crippen molar-refractivity contribution >= 4 is 34.1 Å². The van der Waals surface area contributed by atoms with E-state index in [-0.39, 0.29) is 30.5 Å². The number of aryl methyl sites for hydroxylation is 1. The molecule has 0 bridgehead atoms. The molecule has 0 spiro atoms. The van der Waals surface area contributed by atoms with Crippen LogP contribution in [0, 0.1) is 13.8 Å². The molecular formula is C18H24N4O4S. The van der Waals surface area contributed by atoms with E-state index in [0.29, 0.717) is 21.9 Å². The van der Waals surface area contributed by atoms with Crippen molar-refractivity contribution in [1.82, 2.24) is 14.7 Å². The highest BCUT2D eigenvalue weighted by molar-refractivity contribution is 7.18. The van der Waals surface area contributed by atoms with Gasteiger partial charge in [-0.15, -0.1) is 11.3 Å². The van der Waals surface area contributed by atoms with Gasteiger partial charge in [-0.05, 0) is 31.9 Å². The number of hydrogen-bond acceptors (Lipinski definition) is 6. The summed E-state index contributed by atoms with van der Waals surface area (Å²) in [7, 11) is 3.27. The molecule has 2 aromatic rings. The third kappa shape index (κ3) is 4.73. The Hall–Kier alpha value is -2.68. The number of carbonyl (C=O) groups is 3. The Morgan fingerprint density at radius 2 is 2.00 bits per heavy atom. The van der Waals surface area contributed by atoms with E-state index < -0.39 is 5.97 Å². The SMILES string of the molecule is CCCOC(=O)c1c(NC(=O)Cn2nccc2C)sc(C(=O)N(C)C)c1C. The quantitative estimate of drug-likeness (QED) is 0.731. The van der Waals surface area contributed by atoms with Crippen LogP contribution in [0.25, 0.3) is 0 Å². The molecule has 8 nitrogen and oxygen atoms in total. The number of hydrogen-bond donors (Lipinski definition) is 1. The molecule has 27 heavy (non-hydrogen) atoms. The predicted molar refractivity (Wildman–Crippen MR) is 103 cm³/mol.